The SMILES string of the molecule is CCC(CC)N1CC(C(=O)N2CCC(OCCCN)CC2)CC1=O. The minimum absolute atomic E-state index is 0.141. The van der Waals surface area contributed by atoms with Crippen molar-refractivity contribution in [1.82, 2.24) is 9.80 Å². The fraction of sp³-hybridized carbons (Fsp3) is 0.889. The van der Waals surface area contributed by atoms with Crippen LogP contribution >= 0.6 is 0 Å². The molecule has 2 heterocycles. The third kappa shape index (κ3) is 4.70. The zero-order valence-electron chi connectivity index (χ0n) is 15.2. The summed E-state index contributed by atoms with van der Waals surface area (Å²) in [5.41, 5.74) is 5.48. The smallest absolute Gasteiger partial charge is 0.227 e. The lowest BCUT2D eigenvalue weighted by Gasteiger charge is -2.33. The van der Waals surface area contributed by atoms with Gasteiger partial charge in [0, 0.05) is 38.7 Å². The van der Waals surface area contributed by atoms with E-state index in [9.17, 15) is 9.59 Å². The zero-order chi connectivity index (χ0) is 17.5. The fourth-order valence-electron chi connectivity index (χ4n) is 3.81. The molecule has 2 aliphatic rings. The van der Waals surface area contributed by atoms with Gasteiger partial charge in [-0.2, -0.15) is 0 Å². The summed E-state index contributed by atoms with van der Waals surface area (Å²) >= 11 is 0. The van der Waals surface area contributed by atoms with Crippen LogP contribution in [-0.4, -0.2) is 66.5 Å². The maximum atomic E-state index is 12.7. The lowest BCUT2D eigenvalue weighted by Crippen LogP contribution is -2.44. The van der Waals surface area contributed by atoms with Crippen LogP contribution in [0.15, 0.2) is 0 Å². The largest absolute Gasteiger partial charge is 0.378 e. The van der Waals surface area contributed by atoms with E-state index in [2.05, 4.69) is 13.8 Å². The number of ether oxygens (including phenoxy) is 1. The Labute approximate surface area is 145 Å². The maximum Gasteiger partial charge on any atom is 0.227 e. The first-order valence-electron chi connectivity index (χ1n) is 9.50. The molecule has 2 aliphatic heterocycles. The number of likely N-dealkylation sites (tertiary alicyclic amines) is 2. The monoisotopic (exact) mass is 339 g/mol. The van der Waals surface area contributed by atoms with Crippen LogP contribution in [0.2, 0.25) is 0 Å². The average molecular weight is 339 g/mol. The Balaban J connectivity index is 1.80. The van der Waals surface area contributed by atoms with E-state index in [4.69, 9.17) is 10.5 Å². The van der Waals surface area contributed by atoms with Crippen LogP contribution in [0.25, 0.3) is 0 Å². The van der Waals surface area contributed by atoms with Gasteiger partial charge in [0.2, 0.25) is 11.8 Å². The molecular weight excluding hydrogens is 306 g/mol. The highest BCUT2D eigenvalue weighted by Crippen LogP contribution is 2.26. The highest BCUT2D eigenvalue weighted by atomic mass is 16.5. The van der Waals surface area contributed by atoms with Crippen molar-refractivity contribution in [3.63, 3.8) is 0 Å². The highest BCUT2D eigenvalue weighted by Gasteiger charge is 2.39. The summed E-state index contributed by atoms with van der Waals surface area (Å²) in [4.78, 5) is 28.9. The molecule has 0 aliphatic carbocycles. The lowest BCUT2D eigenvalue weighted by molar-refractivity contribution is -0.138. The minimum Gasteiger partial charge on any atom is -0.378 e. The second-order valence-corrected chi connectivity index (χ2v) is 6.96. The van der Waals surface area contributed by atoms with E-state index in [1.165, 1.54) is 0 Å². The number of rotatable bonds is 8. The topological polar surface area (TPSA) is 75.9 Å². The van der Waals surface area contributed by atoms with Crippen molar-refractivity contribution in [2.45, 2.75) is 64.5 Å². The van der Waals surface area contributed by atoms with Gasteiger partial charge in [-0.1, -0.05) is 13.8 Å². The number of nitrogens with zero attached hydrogens (tertiary/aromatic N) is 2. The van der Waals surface area contributed by atoms with Gasteiger partial charge in [-0.15, -0.1) is 0 Å². The molecule has 6 nitrogen and oxygen atoms in total. The highest BCUT2D eigenvalue weighted by molar-refractivity contribution is 5.89. The molecule has 0 saturated carbocycles. The van der Waals surface area contributed by atoms with Gasteiger partial charge in [0.25, 0.3) is 0 Å². The Hall–Kier alpha value is -1.14. The molecule has 2 amide bonds. The molecular formula is C18H33N3O3. The van der Waals surface area contributed by atoms with Gasteiger partial charge in [0.1, 0.15) is 0 Å². The van der Waals surface area contributed by atoms with Crippen LogP contribution in [-0.2, 0) is 14.3 Å². The lowest BCUT2D eigenvalue weighted by atomic mass is 10.0. The molecule has 2 N–H and O–H groups in total. The van der Waals surface area contributed by atoms with Gasteiger partial charge in [0.15, 0.2) is 0 Å². The number of hydrogen-bond acceptors (Lipinski definition) is 4. The molecule has 2 rings (SSSR count). The van der Waals surface area contributed by atoms with E-state index in [1.54, 1.807) is 0 Å². The fourth-order valence-corrected chi connectivity index (χ4v) is 3.81. The van der Waals surface area contributed by atoms with E-state index in [-0.39, 0.29) is 29.9 Å². The number of nitrogens with two attached hydrogens (primary N) is 1. The van der Waals surface area contributed by atoms with Crippen LogP contribution < -0.4 is 5.73 Å². The summed E-state index contributed by atoms with van der Waals surface area (Å²) in [6.45, 7) is 7.63. The normalized spacial score (nSPS) is 22.7. The van der Waals surface area contributed by atoms with Crippen LogP contribution in [0.5, 0.6) is 0 Å². The molecule has 2 fully saturated rings. The van der Waals surface area contributed by atoms with Crippen molar-refractivity contribution >= 4 is 11.8 Å². The Morgan fingerprint density at radius 1 is 1.29 bits per heavy atom. The first-order valence-corrected chi connectivity index (χ1v) is 9.50. The summed E-state index contributed by atoms with van der Waals surface area (Å²) < 4.78 is 5.79. The molecule has 1 unspecified atom stereocenters. The minimum atomic E-state index is -0.159. The van der Waals surface area contributed by atoms with Gasteiger partial charge in [0.05, 0.1) is 12.0 Å². The van der Waals surface area contributed by atoms with Crippen molar-refractivity contribution in [1.29, 1.82) is 0 Å². The molecule has 1 atom stereocenters. The molecule has 0 aromatic heterocycles. The molecule has 0 radical (unpaired) electrons. The van der Waals surface area contributed by atoms with Gasteiger partial charge in [-0.3, -0.25) is 9.59 Å². The molecule has 0 spiro atoms. The molecule has 138 valence electrons. The summed E-state index contributed by atoms with van der Waals surface area (Å²) in [5.74, 6) is 0.132. The molecule has 0 bridgehead atoms. The number of carbonyl (C=O) groups is 2. The molecule has 2 saturated heterocycles. The van der Waals surface area contributed by atoms with Crippen LogP contribution in [0.3, 0.4) is 0 Å². The Morgan fingerprint density at radius 3 is 2.54 bits per heavy atom. The van der Waals surface area contributed by atoms with Crippen LogP contribution in [0.4, 0.5) is 0 Å². The van der Waals surface area contributed by atoms with E-state index < -0.39 is 0 Å². The number of carbonyl (C=O) groups excluding carboxylic acids is 2. The quantitative estimate of drug-likeness (QED) is 0.678. The summed E-state index contributed by atoms with van der Waals surface area (Å²) in [5, 5.41) is 0. The number of hydrogen-bond donors (Lipinski definition) is 1. The van der Waals surface area contributed by atoms with E-state index in [0.29, 0.717) is 26.1 Å². The van der Waals surface area contributed by atoms with Crippen LogP contribution in [0, 0.1) is 5.92 Å². The van der Waals surface area contributed by atoms with Crippen molar-refractivity contribution in [3.8, 4) is 0 Å². The molecule has 6 heteroatoms. The standard InChI is InChI=1S/C18H33N3O3/c1-3-15(4-2)21-13-14(12-17(21)22)18(23)20-9-6-16(7-10-20)24-11-5-8-19/h14-16H,3-13,19H2,1-2H3. The zero-order valence-corrected chi connectivity index (χ0v) is 15.2. The predicted octanol–water partition coefficient (Wildman–Crippen LogP) is 1.38. The second-order valence-electron chi connectivity index (χ2n) is 6.96. The van der Waals surface area contributed by atoms with Crippen molar-refractivity contribution in [3.05, 3.63) is 0 Å². The summed E-state index contributed by atoms with van der Waals surface area (Å²) in [7, 11) is 0. The van der Waals surface area contributed by atoms with Gasteiger partial charge < -0.3 is 20.3 Å². The Bertz CT molecular complexity index is 418. The average Bonchev–Trinajstić information content (AvgIpc) is 2.98. The van der Waals surface area contributed by atoms with Gasteiger partial charge in [-0.05, 0) is 38.6 Å². The van der Waals surface area contributed by atoms with Crippen molar-refractivity contribution in [2.24, 2.45) is 11.7 Å². The number of amides is 2. The summed E-state index contributed by atoms with van der Waals surface area (Å²) in [6.07, 6.45) is 5.17. The van der Waals surface area contributed by atoms with Crippen molar-refractivity contribution < 1.29 is 14.3 Å². The van der Waals surface area contributed by atoms with Crippen molar-refractivity contribution in [2.75, 3.05) is 32.8 Å². The summed E-state index contributed by atoms with van der Waals surface area (Å²) in [6, 6.07) is 0.275. The van der Waals surface area contributed by atoms with Crippen LogP contribution in [0.1, 0.15) is 52.4 Å². The first-order chi connectivity index (χ1) is 11.6. The predicted molar refractivity (Wildman–Crippen MR) is 93.4 cm³/mol. The first kappa shape index (κ1) is 19.2. The molecule has 0 aromatic carbocycles. The molecule has 0 aromatic rings. The maximum absolute atomic E-state index is 12.7. The van der Waals surface area contributed by atoms with E-state index in [1.807, 2.05) is 9.80 Å². The third-order valence-corrected chi connectivity index (χ3v) is 5.35. The van der Waals surface area contributed by atoms with Gasteiger partial charge in [-0.25, -0.2) is 0 Å². The number of piperidine rings is 1. The molecule has 24 heavy (non-hydrogen) atoms. The Morgan fingerprint density at radius 2 is 1.96 bits per heavy atom. The van der Waals surface area contributed by atoms with Gasteiger partial charge >= 0.3 is 0 Å². The third-order valence-electron chi connectivity index (χ3n) is 5.35. The van der Waals surface area contributed by atoms with E-state index in [0.717, 1.165) is 45.2 Å². The second kappa shape index (κ2) is 9.37. The van der Waals surface area contributed by atoms with E-state index >= 15 is 0 Å². The Kier molecular flexibility index (Phi) is 7.49.